The zero-order valence-electron chi connectivity index (χ0n) is 21.5. The third-order valence-electron chi connectivity index (χ3n) is 5.93. The molecule has 37 heavy (non-hydrogen) atoms. The highest BCUT2D eigenvalue weighted by Gasteiger charge is 2.34. The maximum atomic E-state index is 13.8. The molecule has 2 aromatic carbocycles. The smallest absolute Gasteiger partial charge is 0.338 e. The van der Waals surface area contributed by atoms with Crippen LogP contribution in [0.5, 0.6) is 23.0 Å². The van der Waals surface area contributed by atoms with Gasteiger partial charge in [0.2, 0.25) is 5.75 Å². The summed E-state index contributed by atoms with van der Waals surface area (Å²) >= 11 is 1.25. The van der Waals surface area contributed by atoms with Crippen LogP contribution in [-0.4, -0.2) is 45.6 Å². The summed E-state index contributed by atoms with van der Waals surface area (Å²) in [5.41, 5.74) is 1.86. The summed E-state index contributed by atoms with van der Waals surface area (Å²) in [6.45, 7) is 3.64. The number of nitrogens with zero attached hydrogens (tertiary/aromatic N) is 2. The Bertz CT molecular complexity index is 1510. The average Bonchev–Trinajstić information content (AvgIpc) is 3.21. The molecule has 0 saturated carbocycles. The van der Waals surface area contributed by atoms with Gasteiger partial charge in [-0.05, 0) is 55.3 Å². The largest absolute Gasteiger partial charge is 0.497 e. The molecule has 1 aliphatic heterocycles. The number of carbonyl (C=O) groups excluding carboxylic acids is 1. The Kier molecular flexibility index (Phi) is 7.68. The van der Waals surface area contributed by atoms with Crippen LogP contribution in [0.4, 0.5) is 0 Å². The van der Waals surface area contributed by atoms with Crippen molar-refractivity contribution in [3.8, 4) is 23.0 Å². The van der Waals surface area contributed by atoms with Crippen LogP contribution in [0, 0.1) is 0 Å². The fourth-order valence-electron chi connectivity index (χ4n) is 4.22. The molecule has 1 unspecified atom stereocenters. The van der Waals surface area contributed by atoms with Gasteiger partial charge in [-0.3, -0.25) is 9.36 Å². The van der Waals surface area contributed by atoms with Crippen molar-refractivity contribution in [2.75, 3.05) is 35.0 Å². The number of thiazole rings is 1. The van der Waals surface area contributed by atoms with E-state index in [0.29, 0.717) is 37.8 Å². The highest BCUT2D eigenvalue weighted by molar-refractivity contribution is 7.07. The molecule has 194 valence electrons. The van der Waals surface area contributed by atoms with Crippen LogP contribution in [0.2, 0.25) is 0 Å². The maximum Gasteiger partial charge on any atom is 0.338 e. The van der Waals surface area contributed by atoms with Crippen LogP contribution in [-0.2, 0) is 9.53 Å². The van der Waals surface area contributed by atoms with Crippen molar-refractivity contribution in [3.05, 3.63) is 78.5 Å². The Balaban J connectivity index is 1.98. The monoisotopic (exact) mass is 524 g/mol. The molecule has 2 heterocycles. The molecule has 1 aromatic heterocycles. The van der Waals surface area contributed by atoms with E-state index in [1.807, 2.05) is 24.3 Å². The van der Waals surface area contributed by atoms with E-state index in [1.165, 1.54) is 37.2 Å². The molecular weight excluding hydrogens is 496 g/mol. The van der Waals surface area contributed by atoms with Gasteiger partial charge in [0.15, 0.2) is 16.3 Å². The van der Waals surface area contributed by atoms with E-state index >= 15 is 0 Å². The summed E-state index contributed by atoms with van der Waals surface area (Å²) in [4.78, 5) is 32.0. The lowest BCUT2D eigenvalue weighted by molar-refractivity contribution is -0.139. The third-order valence-corrected chi connectivity index (χ3v) is 6.92. The molecule has 0 radical (unpaired) electrons. The van der Waals surface area contributed by atoms with E-state index in [9.17, 15) is 9.59 Å². The van der Waals surface area contributed by atoms with Gasteiger partial charge in [-0.25, -0.2) is 9.79 Å². The average molecular weight is 525 g/mol. The first-order valence-electron chi connectivity index (χ1n) is 11.5. The van der Waals surface area contributed by atoms with E-state index in [1.54, 1.807) is 39.2 Å². The lowest BCUT2D eigenvalue weighted by Crippen LogP contribution is -2.40. The van der Waals surface area contributed by atoms with Crippen molar-refractivity contribution in [1.29, 1.82) is 0 Å². The number of methoxy groups -OCH3 is 4. The normalized spacial score (nSPS) is 15.1. The molecule has 4 rings (SSSR count). The quantitative estimate of drug-likeness (QED) is 0.418. The molecule has 0 fully saturated rings. The van der Waals surface area contributed by atoms with Crippen molar-refractivity contribution in [1.82, 2.24) is 4.57 Å². The minimum atomic E-state index is -0.818. The molecule has 1 atom stereocenters. The topological polar surface area (TPSA) is 97.6 Å². The first-order chi connectivity index (χ1) is 17.9. The number of esters is 1. The SMILES string of the molecule is CCOC(=O)C1=C(C)N=c2s/c(=C\c3ccc(OC)cc3)c(=O)n2C1c1cc(OC)c(OC)c(OC)c1. The number of benzene rings is 2. The number of fused-ring (bicyclic) bond motifs is 1. The Labute approximate surface area is 217 Å². The van der Waals surface area contributed by atoms with E-state index in [2.05, 4.69) is 4.99 Å². The number of ether oxygens (including phenoxy) is 5. The summed E-state index contributed by atoms with van der Waals surface area (Å²) in [7, 11) is 6.12. The molecular formula is C27H28N2O7S. The predicted octanol–water partition coefficient (Wildman–Crippen LogP) is 2.83. The van der Waals surface area contributed by atoms with Crippen molar-refractivity contribution in [3.63, 3.8) is 0 Å². The molecule has 9 nitrogen and oxygen atoms in total. The third kappa shape index (κ3) is 4.84. The Hall–Kier alpha value is -4.05. The zero-order valence-corrected chi connectivity index (χ0v) is 22.3. The molecule has 0 aliphatic carbocycles. The lowest BCUT2D eigenvalue weighted by atomic mass is 9.95. The second-order valence-electron chi connectivity index (χ2n) is 8.03. The summed E-state index contributed by atoms with van der Waals surface area (Å²) < 4.78 is 29.1. The molecule has 10 heteroatoms. The van der Waals surface area contributed by atoms with E-state index in [0.717, 1.165) is 11.3 Å². The lowest BCUT2D eigenvalue weighted by Gasteiger charge is -2.26. The standard InChI is InChI=1S/C27H28N2O7S/c1-7-36-26(31)22-15(2)28-27-29(23(22)17-13-19(33-4)24(35-6)20(14-17)34-5)25(30)21(37-27)12-16-8-10-18(32-3)11-9-16/h8-14,23H,7H2,1-6H3/b21-12-. The molecule has 3 aromatic rings. The molecule has 0 N–H and O–H groups in total. The number of rotatable bonds is 8. The minimum Gasteiger partial charge on any atom is -0.497 e. The molecule has 0 saturated heterocycles. The van der Waals surface area contributed by atoms with Crippen LogP contribution in [0.15, 0.2) is 57.5 Å². The fourth-order valence-corrected chi connectivity index (χ4v) is 5.26. The van der Waals surface area contributed by atoms with E-state index in [4.69, 9.17) is 23.7 Å². The first kappa shape index (κ1) is 26.0. The van der Waals surface area contributed by atoms with Gasteiger partial charge in [-0.1, -0.05) is 23.5 Å². The van der Waals surface area contributed by atoms with Gasteiger partial charge in [0.1, 0.15) is 5.75 Å². The van der Waals surface area contributed by atoms with E-state index < -0.39 is 12.0 Å². The number of allylic oxidation sites excluding steroid dienone is 1. The first-order valence-corrected chi connectivity index (χ1v) is 12.3. The van der Waals surface area contributed by atoms with Gasteiger partial charge in [0.25, 0.3) is 5.56 Å². The highest BCUT2D eigenvalue weighted by Crippen LogP contribution is 2.42. The Morgan fingerprint density at radius 3 is 2.22 bits per heavy atom. The Morgan fingerprint density at radius 1 is 1.03 bits per heavy atom. The van der Waals surface area contributed by atoms with Gasteiger partial charge in [-0.2, -0.15) is 0 Å². The highest BCUT2D eigenvalue weighted by atomic mass is 32.1. The molecule has 0 amide bonds. The van der Waals surface area contributed by atoms with Gasteiger partial charge < -0.3 is 23.7 Å². The predicted molar refractivity (Wildman–Crippen MR) is 139 cm³/mol. The van der Waals surface area contributed by atoms with Crippen molar-refractivity contribution in [2.24, 2.45) is 4.99 Å². The van der Waals surface area contributed by atoms with Gasteiger partial charge in [0.05, 0.1) is 56.9 Å². The van der Waals surface area contributed by atoms with Crippen molar-refractivity contribution >= 4 is 23.4 Å². The number of aromatic nitrogens is 1. The van der Waals surface area contributed by atoms with Crippen molar-refractivity contribution < 1.29 is 28.5 Å². The summed E-state index contributed by atoms with van der Waals surface area (Å²) in [5.74, 6) is 1.37. The summed E-state index contributed by atoms with van der Waals surface area (Å²) in [6.07, 6.45) is 1.79. The van der Waals surface area contributed by atoms with Crippen LogP contribution in [0.1, 0.15) is 31.0 Å². The molecule has 0 spiro atoms. The fraction of sp³-hybridized carbons (Fsp3) is 0.296. The van der Waals surface area contributed by atoms with Gasteiger partial charge in [0, 0.05) is 0 Å². The second-order valence-corrected chi connectivity index (χ2v) is 9.04. The zero-order chi connectivity index (χ0) is 26.7. The molecule has 1 aliphatic rings. The summed E-state index contributed by atoms with van der Waals surface area (Å²) in [6, 6.07) is 10.0. The van der Waals surface area contributed by atoms with Gasteiger partial charge in [-0.15, -0.1) is 0 Å². The number of hydrogen-bond acceptors (Lipinski definition) is 9. The van der Waals surface area contributed by atoms with Crippen LogP contribution in [0.3, 0.4) is 0 Å². The van der Waals surface area contributed by atoms with Gasteiger partial charge >= 0.3 is 5.97 Å². The number of carbonyl (C=O) groups is 1. The second kappa shape index (κ2) is 10.9. The summed E-state index contributed by atoms with van der Waals surface area (Å²) in [5, 5.41) is 0. The number of hydrogen-bond donors (Lipinski definition) is 0. The van der Waals surface area contributed by atoms with Crippen LogP contribution < -0.4 is 33.8 Å². The Morgan fingerprint density at radius 2 is 1.68 bits per heavy atom. The molecule has 0 bridgehead atoms. The van der Waals surface area contributed by atoms with E-state index in [-0.39, 0.29) is 17.7 Å². The van der Waals surface area contributed by atoms with Crippen LogP contribution in [0.25, 0.3) is 6.08 Å². The van der Waals surface area contributed by atoms with Crippen LogP contribution >= 0.6 is 11.3 Å². The minimum absolute atomic E-state index is 0.180. The van der Waals surface area contributed by atoms with Crippen molar-refractivity contribution in [2.45, 2.75) is 19.9 Å². The maximum absolute atomic E-state index is 13.8.